The smallest absolute Gasteiger partial charge is 0.260 e. The summed E-state index contributed by atoms with van der Waals surface area (Å²) in [5, 5.41) is 8.02. The lowest BCUT2D eigenvalue weighted by Gasteiger charge is -2.24. The average Bonchev–Trinajstić information content (AvgIpc) is 2.67. The molecule has 0 saturated carbocycles. The van der Waals surface area contributed by atoms with E-state index < -0.39 is 12.5 Å². The van der Waals surface area contributed by atoms with Gasteiger partial charge in [-0.05, 0) is 18.6 Å². The Kier molecular flexibility index (Phi) is 2.02. The number of nitrogens with zero attached hydrogens (tertiary/aromatic N) is 3. The van der Waals surface area contributed by atoms with Crippen LogP contribution in [0.4, 0.5) is 14.6 Å². The summed E-state index contributed by atoms with van der Waals surface area (Å²) >= 11 is 0. The SMILES string of the molecule is FC(F)C1CCNc2c3cccnc3nn21. The topological polar surface area (TPSA) is 42.7 Å². The van der Waals surface area contributed by atoms with Crippen LogP contribution >= 0.6 is 0 Å². The zero-order chi connectivity index (χ0) is 11.1. The summed E-state index contributed by atoms with van der Waals surface area (Å²) in [6.45, 7) is 0.546. The van der Waals surface area contributed by atoms with Crippen molar-refractivity contribution in [1.82, 2.24) is 14.8 Å². The van der Waals surface area contributed by atoms with Gasteiger partial charge in [-0.2, -0.15) is 0 Å². The van der Waals surface area contributed by atoms with Crippen LogP contribution in [0.15, 0.2) is 18.3 Å². The van der Waals surface area contributed by atoms with E-state index in [1.54, 1.807) is 12.3 Å². The van der Waals surface area contributed by atoms with Gasteiger partial charge in [0.2, 0.25) is 0 Å². The first-order valence-electron chi connectivity index (χ1n) is 5.12. The van der Waals surface area contributed by atoms with Crippen LogP contribution in [0.3, 0.4) is 0 Å². The number of fused-ring (bicyclic) bond motifs is 3. The van der Waals surface area contributed by atoms with Gasteiger partial charge in [0.05, 0.1) is 5.39 Å². The normalized spacial score (nSPS) is 19.8. The number of hydrogen-bond acceptors (Lipinski definition) is 3. The van der Waals surface area contributed by atoms with E-state index >= 15 is 0 Å². The number of pyridine rings is 1. The number of hydrogen-bond donors (Lipinski definition) is 1. The minimum Gasteiger partial charge on any atom is -0.370 e. The largest absolute Gasteiger partial charge is 0.370 e. The molecule has 4 nitrogen and oxygen atoms in total. The van der Waals surface area contributed by atoms with Gasteiger partial charge < -0.3 is 5.32 Å². The fourth-order valence-electron chi connectivity index (χ4n) is 2.05. The zero-order valence-corrected chi connectivity index (χ0v) is 8.40. The monoisotopic (exact) mass is 224 g/mol. The van der Waals surface area contributed by atoms with Gasteiger partial charge in [-0.25, -0.2) is 18.4 Å². The van der Waals surface area contributed by atoms with Gasteiger partial charge in [0, 0.05) is 12.7 Å². The average molecular weight is 224 g/mol. The van der Waals surface area contributed by atoms with Crippen molar-refractivity contribution >= 4 is 16.9 Å². The first kappa shape index (κ1) is 9.50. The Morgan fingerprint density at radius 1 is 1.50 bits per heavy atom. The van der Waals surface area contributed by atoms with Crippen molar-refractivity contribution < 1.29 is 8.78 Å². The highest BCUT2D eigenvalue weighted by Gasteiger charge is 2.29. The molecule has 1 aliphatic heterocycles. The number of nitrogens with one attached hydrogen (secondary N) is 1. The summed E-state index contributed by atoms with van der Waals surface area (Å²) in [5.74, 6) is 0.652. The summed E-state index contributed by atoms with van der Waals surface area (Å²) in [7, 11) is 0. The highest BCUT2D eigenvalue weighted by atomic mass is 19.3. The standard InChI is InChI=1S/C10H10F2N4/c11-8(12)7-3-5-14-10-6-2-1-4-13-9(6)15-16(7)10/h1-2,4,7-8,14H,3,5H2. The van der Waals surface area contributed by atoms with Crippen LogP contribution in [0.2, 0.25) is 0 Å². The van der Waals surface area contributed by atoms with Crippen molar-refractivity contribution in [2.45, 2.75) is 18.9 Å². The van der Waals surface area contributed by atoms with Gasteiger partial charge in [0.25, 0.3) is 6.43 Å². The van der Waals surface area contributed by atoms with Gasteiger partial charge >= 0.3 is 0 Å². The van der Waals surface area contributed by atoms with E-state index in [1.165, 1.54) is 4.68 Å². The highest BCUT2D eigenvalue weighted by molar-refractivity contribution is 5.87. The number of anilines is 1. The Balaban J connectivity index is 2.21. The van der Waals surface area contributed by atoms with Gasteiger partial charge in [0.15, 0.2) is 5.65 Å². The van der Waals surface area contributed by atoms with E-state index in [9.17, 15) is 8.78 Å². The number of halogens is 2. The van der Waals surface area contributed by atoms with Crippen LogP contribution in [0.25, 0.3) is 11.0 Å². The van der Waals surface area contributed by atoms with Crippen LogP contribution in [0, 0.1) is 0 Å². The molecule has 0 spiro atoms. The van der Waals surface area contributed by atoms with Gasteiger partial charge in [-0.3, -0.25) is 0 Å². The maximum Gasteiger partial charge on any atom is 0.260 e. The van der Waals surface area contributed by atoms with E-state index in [2.05, 4.69) is 15.4 Å². The van der Waals surface area contributed by atoms with Crippen molar-refractivity contribution in [3.8, 4) is 0 Å². The molecule has 1 unspecified atom stereocenters. The molecule has 16 heavy (non-hydrogen) atoms. The van der Waals surface area contributed by atoms with E-state index in [0.717, 1.165) is 5.39 Å². The molecule has 3 heterocycles. The lowest BCUT2D eigenvalue weighted by Crippen LogP contribution is -2.28. The summed E-state index contributed by atoms with van der Waals surface area (Å²) in [4.78, 5) is 4.06. The maximum absolute atomic E-state index is 12.8. The molecule has 3 rings (SSSR count). The third-order valence-corrected chi connectivity index (χ3v) is 2.81. The number of rotatable bonds is 1. The summed E-state index contributed by atoms with van der Waals surface area (Å²) in [6, 6.07) is 2.77. The molecule has 1 aliphatic rings. The molecular formula is C10H10F2N4. The summed E-state index contributed by atoms with van der Waals surface area (Å²) in [6.07, 6.45) is -0.396. The molecule has 6 heteroatoms. The number of aromatic nitrogens is 3. The third kappa shape index (κ3) is 1.26. The minimum absolute atomic E-state index is 0.388. The molecule has 0 radical (unpaired) electrons. The molecule has 1 atom stereocenters. The second kappa shape index (κ2) is 3.40. The van der Waals surface area contributed by atoms with Crippen molar-refractivity contribution in [3.63, 3.8) is 0 Å². The Labute approximate surface area is 90.3 Å². The van der Waals surface area contributed by atoms with Crippen LogP contribution < -0.4 is 5.32 Å². The van der Waals surface area contributed by atoms with E-state index in [0.29, 0.717) is 24.4 Å². The molecule has 0 bridgehead atoms. The maximum atomic E-state index is 12.8. The van der Waals surface area contributed by atoms with E-state index in [1.807, 2.05) is 6.07 Å². The van der Waals surface area contributed by atoms with Crippen LogP contribution in [0.1, 0.15) is 12.5 Å². The van der Waals surface area contributed by atoms with Crippen LogP contribution in [-0.2, 0) is 0 Å². The fraction of sp³-hybridized carbons (Fsp3) is 0.400. The first-order valence-corrected chi connectivity index (χ1v) is 5.12. The quantitative estimate of drug-likeness (QED) is 0.806. The molecule has 0 amide bonds. The van der Waals surface area contributed by atoms with Crippen molar-refractivity contribution in [3.05, 3.63) is 18.3 Å². The molecule has 84 valence electrons. The molecule has 2 aromatic heterocycles. The molecule has 0 saturated heterocycles. The zero-order valence-electron chi connectivity index (χ0n) is 8.40. The van der Waals surface area contributed by atoms with Crippen LogP contribution in [-0.4, -0.2) is 27.7 Å². The predicted octanol–water partition coefficient (Wildman–Crippen LogP) is 2.05. The molecule has 1 N–H and O–H groups in total. The summed E-state index contributed by atoms with van der Waals surface area (Å²) < 4.78 is 27.0. The Morgan fingerprint density at radius 2 is 2.38 bits per heavy atom. The van der Waals surface area contributed by atoms with Crippen molar-refractivity contribution in [1.29, 1.82) is 0 Å². The van der Waals surface area contributed by atoms with E-state index in [-0.39, 0.29) is 0 Å². The fourth-order valence-corrected chi connectivity index (χ4v) is 2.05. The van der Waals surface area contributed by atoms with Crippen LogP contribution in [0.5, 0.6) is 0 Å². The van der Waals surface area contributed by atoms with Gasteiger partial charge in [-0.15, -0.1) is 5.10 Å². The predicted molar refractivity (Wildman–Crippen MR) is 55.7 cm³/mol. The van der Waals surface area contributed by atoms with Gasteiger partial charge in [0.1, 0.15) is 11.9 Å². The van der Waals surface area contributed by atoms with Crippen molar-refractivity contribution in [2.24, 2.45) is 0 Å². The van der Waals surface area contributed by atoms with E-state index in [4.69, 9.17) is 0 Å². The molecule has 2 aromatic rings. The first-order chi connectivity index (χ1) is 7.77. The Bertz CT molecular complexity index is 523. The minimum atomic E-state index is -2.39. The lowest BCUT2D eigenvalue weighted by molar-refractivity contribution is 0.0719. The van der Waals surface area contributed by atoms with Gasteiger partial charge in [-0.1, -0.05) is 0 Å². The second-order valence-electron chi connectivity index (χ2n) is 3.79. The van der Waals surface area contributed by atoms with Crippen molar-refractivity contribution in [2.75, 3.05) is 11.9 Å². The lowest BCUT2D eigenvalue weighted by atomic mass is 10.2. The Hall–Kier alpha value is -1.72. The molecule has 0 fully saturated rings. The third-order valence-electron chi connectivity index (χ3n) is 2.81. The molecular weight excluding hydrogens is 214 g/mol. The summed E-state index contributed by atoms with van der Waals surface area (Å²) in [5.41, 5.74) is 0.512. The molecule has 0 aromatic carbocycles. The highest BCUT2D eigenvalue weighted by Crippen LogP contribution is 2.32. The number of alkyl halides is 2. The Morgan fingerprint density at radius 3 is 3.19 bits per heavy atom. The molecule has 0 aliphatic carbocycles. The second-order valence-corrected chi connectivity index (χ2v) is 3.79.